The van der Waals surface area contributed by atoms with Gasteiger partial charge in [-0.25, -0.2) is 4.98 Å². The lowest BCUT2D eigenvalue weighted by atomic mass is 9.69. The number of nitrogens with zero attached hydrogens (tertiary/aromatic N) is 4. The molecule has 0 radical (unpaired) electrons. The average molecular weight is 341 g/mol. The van der Waals surface area contributed by atoms with Gasteiger partial charge in [-0.15, -0.1) is 0 Å². The molecule has 0 unspecified atom stereocenters. The number of nitrogens with one attached hydrogen (secondary N) is 1. The predicted octanol–water partition coefficient (Wildman–Crippen LogP) is 3.41. The number of oxazole rings is 1. The van der Waals surface area contributed by atoms with Crippen LogP contribution in [-0.4, -0.2) is 25.1 Å². The minimum Gasteiger partial charge on any atom is -0.451 e. The van der Waals surface area contributed by atoms with Crippen molar-refractivity contribution in [1.82, 2.24) is 25.1 Å². The van der Waals surface area contributed by atoms with Crippen LogP contribution in [0.5, 0.6) is 0 Å². The molecule has 0 spiro atoms. The topological polar surface area (TPSA) is 80.5 Å². The van der Waals surface area contributed by atoms with Crippen LogP contribution >= 0.6 is 0 Å². The maximum absolute atomic E-state index is 5.11. The van der Waals surface area contributed by atoms with Crippen molar-refractivity contribution in [2.75, 3.05) is 0 Å². The number of hydrogen-bond acceptors (Lipinski definition) is 5. The molecule has 0 bridgehead atoms. The number of hydrogen-bond donors (Lipinski definition) is 1. The van der Waals surface area contributed by atoms with Crippen LogP contribution in [0, 0.1) is 0 Å². The fourth-order valence-electron chi connectivity index (χ4n) is 3.65. The monoisotopic (exact) mass is 341 g/mol. The number of rotatable bonds is 3. The number of pyridine rings is 2. The molecule has 6 nitrogen and oxygen atoms in total. The first-order valence-corrected chi connectivity index (χ1v) is 8.33. The van der Waals surface area contributed by atoms with E-state index in [1.807, 2.05) is 24.8 Å². The van der Waals surface area contributed by atoms with E-state index in [0.717, 1.165) is 29.1 Å². The van der Waals surface area contributed by atoms with Crippen LogP contribution in [0.1, 0.15) is 22.4 Å². The van der Waals surface area contributed by atoms with E-state index in [1.54, 1.807) is 6.26 Å². The third-order valence-electron chi connectivity index (χ3n) is 4.94. The van der Waals surface area contributed by atoms with Crippen LogP contribution in [0.2, 0.25) is 0 Å². The van der Waals surface area contributed by atoms with Crippen LogP contribution in [0.3, 0.4) is 0 Å². The molecular weight excluding hydrogens is 326 g/mol. The number of H-pyrrole nitrogens is 1. The Kier molecular flexibility index (Phi) is 3.28. The molecule has 0 aliphatic heterocycles. The quantitative estimate of drug-likeness (QED) is 0.617. The van der Waals surface area contributed by atoms with E-state index in [2.05, 4.69) is 61.6 Å². The van der Waals surface area contributed by atoms with Crippen molar-refractivity contribution in [3.8, 4) is 11.4 Å². The number of allylic oxidation sites excluding steroid dienone is 1. The standard InChI is InChI=1S/C20H15N5O/c1-6-20(14-2-7-21-8-3-14,15-4-9-22-10-5-15)11-17-16(1)19(25-24-17)18-12-26-13-23-18/h1-10,12-13H,11H2,(H,24,25). The Labute approximate surface area is 149 Å². The number of fused-ring (bicyclic) bond motifs is 1. The third kappa shape index (κ3) is 2.19. The lowest BCUT2D eigenvalue weighted by Gasteiger charge is -2.34. The van der Waals surface area contributed by atoms with Crippen molar-refractivity contribution < 1.29 is 4.42 Å². The Morgan fingerprint density at radius 1 is 0.962 bits per heavy atom. The Balaban J connectivity index is 1.67. The SMILES string of the molecule is C1=CC(c2ccncc2)(c2ccncc2)Cc2[nH]nc(-c3cocn3)c21. The van der Waals surface area contributed by atoms with Gasteiger partial charge < -0.3 is 4.42 Å². The minimum atomic E-state index is -0.299. The zero-order valence-corrected chi connectivity index (χ0v) is 13.8. The minimum absolute atomic E-state index is 0.299. The summed E-state index contributed by atoms with van der Waals surface area (Å²) < 4.78 is 5.11. The van der Waals surface area contributed by atoms with Crippen molar-refractivity contribution in [3.05, 3.63) is 90.2 Å². The summed E-state index contributed by atoms with van der Waals surface area (Å²) in [4.78, 5) is 12.6. The molecule has 1 aliphatic rings. The van der Waals surface area contributed by atoms with Crippen molar-refractivity contribution in [2.45, 2.75) is 11.8 Å². The third-order valence-corrected chi connectivity index (χ3v) is 4.94. The van der Waals surface area contributed by atoms with Crippen molar-refractivity contribution in [1.29, 1.82) is 0 Å². The van der Waals surface area contributed by atoms with Crippen LogP contribution < -0.4 is 0 Å². The zero-order chi connectivity index (χ0) is 17.4. The molecule has 4 aromatic rings. The predicted molar refractivity (Wildman–Crippen MR) is 96.1 cm³/mol. The van der Waals surface area contributed by atoms with Gasteiger partial charge in [-0.1, -0.05) is 12.2 Å². The summed E-state index contributed by atoms with van der Waals surface area (Å²) >= 11 is 0. The van der Waals surface area contributed by atoms with Crippen molar-refractivity contribution >= 4 is 6.08 Å². The molecule has 6 heteroatoms. The highest BCUT2D eigenvalue weighted by molar-refractivity contribution is 5.74. The fraction of sp³-hybridized carbons (Fsp3) is 0.100. The van der Waals surface area contributed by atoms with Gasteiger partial charge >= 0.3 is 0 Å². The fourth-order valence-corrected chi connectivity index (χ4v) is 3.65. The second-order valence-corrected chi connectivity index (χ2v) is 6.29. The molecule has 4 aromatic heterocycles. The van der Waals surface area contributed by atoms with Crippen LogP contribution in [-0.2, 0) is 11.8 Å². The lowest BCUT2D eigenvalue weighted by Crippen LogP contribution is -2.30. The Bertz CT molecular complexity index is 1010. The van der Waals surface area contributed by atoms with Crippen molar-refractivity contribution in [2.24, 2.45) is 0 Å². The summed E-state index contributed by atoms with van der Waals surface area (Å²) in [6.07, 6.45) is 15.5. The lowest BCUT2D eigenvalue weighted by molar-refractivity contribution is 0.558. The maximum Gasteiger partial charge on any atom is 0.181 e. The molecule has 4 heterocycles. The van der Waals surface area contributed by atoms with Gasteiger partial charge in [-0.3, -0.25) is 15.1 Å². The molecule has 126 valence electrons. The van der Waals surface area contributed by atoms with Gasteiger partial charge in [0.05, 0.1) is 0 Å². The van der Waals surface area contributed by atoms with E-state index < -0.39 is 0 Å². The Hall–Kier alpha value is -3.54. The first-order chi connectivity index (χ1) is 12.9. The van der Waals surface area contributed by atoms with E-state index in [1.165, 1.54) is 17.5 Å². The van der Waals surface area contributed by atoms with E-state index in [-0.39, 0.29) is 5.41 Å². The highest BCUT2D eigenvalue weighted by Crippen LogP contribution is 2.42. The van der Waals surface area contributed by atoms with Gasteiger partial charge in [0.25, 0.3) is 0 Å². The summed E-state index contributed by atoms with van der Waals surface area (Å²) in [5.41, 5.74) is 5.72. The van der Waals surface area contributed by atoms with Gasteiger partial charge in [0, 0.05) is 47.9 Å². The molecule has 0 aromatic carbocycles. The highest BCUT2D eigenvalue weighted by Gasteiger charge is 2.36. The molecular formula is C20H15N5O. The van der Waals surface area contributed by atoms with Gasteiger partial charge in [-0.05, 0) is 35.4 Å². The Morgan fingerprint density at radius 3 is 2.27 bits per heavy atom. The van der Waals surface area contributed by atoms with Gasteiger partial charge in [0.15, 0.2) is 6.39 Å². The van der Waals surface area contributed by atoms with Crippen LogP contribution in [0.25, 0.3) is 17.5 Å². The smallest absolute Gasteiger partial charge is 0.181 e. The van der Waals surface area contributed by atoms with E-state index in [4.69, 9.17) is 4.42 Å². The second-order valence-electron chi connectivity index (χ2n) is 6.29. The second kappa shape index (κ2) is 5.77. The van der Waals surface area contributed by atoms with Crippen molar-refractivity contribution in [3.63, 3.8) is 0 Å². The summed E-state index contributed by atoms with van der Waals surface area (Å²) in [5.74, 6) is 0. The first kappa shape index (κ1) is 14.8. The van der Waals surface area contributed by atoms with Crippen LogP contribution in [0.15, 0.2) is 72.2 Å². The summed E-state index contributed by atoms with van der Waals surface area (Å²) in [7, 11) is 0. The van der Waals surface area contributed by atoms with E-state index in [0.29, 0.717) is 0 Å². The summed E-state index contributed by atoms with van der Waals surface area (Å²) in [5, 5.41) is 7.66. The summed E-state index contributed by atoms with van der Waals surface area (Å²) in [6, 6.07) is 8.24. The summed E-state index contributed by atoms with van der Waals surface area (Å²) in [6.45, 7) is 0. The molecule has 1 N–H and O–H groups in total. The molecule has 0 atom stereocenters. The van der Waals surface area contributed by atoms with E-state index in [9.17, 15) is 0 Å². The number of aromatic nitrogens is 5. The molecule has 0 saturated carbocycles. The molecule has 0 saturated heterocycles. The highest BCUT2D eigenvalue weighted by atomic mass is 16.3. The van der Waals surface area contributed by atoms with Crippen LogP contribution in [0.4, 0.5) is 0 Å². The zero-order valence-electron chi connectivity index (χ0n) is 13.8. The average Bonchev–Trinajstić information content (AvgIpc) is 3.38. The Morgan fingerprint density at radius 2 is 1.65 bits per heavy atom. The molecule has 5 rings (SSSR count). The first-order valence-electron chi connectivity index (χ1n) is 8.33. The normalized spacial score (nSPS) is 14.9. The maximum atomic E-state index is 5.11. The molecule has 0 fully saturated rings. The number of aromatic amines is 1. The van der Waals surface area contributed by atoms with Gasteiger partial charge in [0.2, 0.25) is 0 Å². The van der Waals surface area contributed by atoms with Gasteiger partial charge in [0.1, 0.15) is 17.7 Å². The molecule has 1 aliphatic carbocycles. The van der Waals surface area contributed by atoms with Gasteiger partial charge in [-0.2, -0.15) is 5.10 Å². The molecule has 0 amide bonds. The largest absolute Gasteiger partial charge is 0.451 e. The molecule has 26 heavy (non-hydrogen) atoms. The van der Waals surface area contributed by atoms with E-state index >= 15 is 0 Å².